The molecule has 0 bridgehead atoms. The van der Waals surface area contributed by atoms with Crippen molar-refractivity contribution in [2.24, 2.45) is 5.92 Å². The third kappa shape index (κ3) is 4.34. The van der Waals surface area contributed by atoms with Gasteiger partial charge in [0, 0.05) is 20.6 Å². The predicted molar refractivity (Wildman–Crippen MR) is 66.5 cm³/mol. The lowest BCUT2D eigenvalue weighted by Crippen LogP contribution is -2.04. The first-order valence-electron chi connectivity index (χ1n) is 4.95. The number of halogens is 1. The zero-order valence-electron chi connectivity index (χ0n) is 8.92. The lowest BCUT2D eigenvalue weighted by molar-refractivity contribution is -0.138. The van der Waals surface area contributed by atoms with Gasteiger partial charge in [-0.2, -0.15) is 0 Å². The quantitative estimate of drug-likeness (QED) is 0.894. The first kappa shape index (κ1) is 12.7. The highest BCUT2D eigenvalue weighted by Gasteiger charge is 2.10. The second-order valence-electron chi connectivity index (χ2n) is 3.87. The summed E-state index contributed by atoms with van der Waals surface area (Å²) in [6, 6.07) is 2.11. The second-order valence-corrected chi connectivity index (χ2v) is 6.07. The van der Waals surface area contributed by atoms with Gasteiger partial charge in [0.2, 0.25) is 0 Å². The van der Waals surface area contributed by atoms with Crippen LogP contribution in [0.15, 0.2) is 10.5 Å². The largest absolute Gasteiger partial charge is 0.481 e. The van der Waals surface area contributed by atoms with Gasteiger partial charge < -0.3 is 5.11 Å². The van der Waals surface area contributed by atoms with Crippen LogP contribution < -0.4 is 0 Å². The molecule has 1 unspecified atom stereocenters. The molecule has 0 aromatic carbocycles. The molecule has 1 aromatic rings. The number of rotatable bonds is 5. The molecule has 0 fully saturated rings. The molecule has 0 saturated carbocycles. The Morgan fingerprint density at radius 1 is 1.67 bits per heavy atom. The number of thiophene rings is 1. The Balaban J connectivity index is 2.43. The average Bonchev–Trinajstić information content (AvgIpc) is 2.40. The smallest absolute Gasteiger partial charge is 0.303 e. The number of hydrogen-bond donors (Lipinski definition) is 1. The Morgan fingerprint density at radius 2 is 2.33 bits per heavy atom. The number of aryl methyl sites for hydroxylation is 2. The predicted octanol–water partition coefficient (Wildman–Crippen LogP) is 3.86. The summed E-state index contributed by atoms with van der Waals surface area (Å²) in [5.74, 6) is -0.458. The minimum absolute atomic E-state index is 0.247. The third-order valence-corrected chi connectivity index (χ3v) is 4.35. The maximum atomic E-state index is 10.5. The fourth-order valence-corrected chi connectivity index (χ4v) is 3.36. The van der Waals surface area contributed by atoms with Crippen LogP contribution in [0.1, 0.15) is 29.5 Å². The van der Waals surface area contributed by atoms with Crippen molar-refractivity contribution >= 4 is 33.2 Å². The molecule has 1 heterocycles. The van der Waals surface area contributed by atoms with Gasteiger partial charge in [0.25, 0.3) is 0 Å². The van der Waals surface area contributed by atoms with E-state index in [1.165, 1.54) is 9.75 Å². The molecule has 4 heteroatoms. The van der Waals surface area contributed by atoms with Crippen LogP contribution in [0.25, 0.3) is 0 Å². The van der Waals surface area contributed by atoms with E-state index >= 15 is 0 Å². The zero-order valence-corrected chi connectivity index (χ0v) is 11.3. The van der Waals surface area contributed by atoms with Crippen molar-refractivity contribution < 1.29 is 9.90 Å². The van der Waals surface area contributed by atoms with E-state index in [4.69, 9.17) is 5.11 Å². The van der Waals surface area contributed by atoms with Crippen LogP contribution in [-0.2, 0) is 11.2 Å². The molecule has 0 saturated heterocycles. The Hall–Kier alpha value is -0.350. The molecule has 1 N–H and O–H groups in total. The molecule has 2 nitrogen and oxygen atoms in total. The fourth-order valence-electron chi connectivity index (χ4n) is 1.48. The number of carboxylic acid groups (broad SMARTS) is 1. The van der Waals surface area contributed by atoms with Crippen molar-refractivity contribution in [1.82, 2.24) is 0 Å². The van der Waals surface area contributed by atoms with Crippen LogP contribution >= 0.6 is 27.3 Å². The lowest BCUT2D eigenvalue weighted by Gasteiger charge is -2.07. The van der Waals surface area contributed by atoms with Crippen LogP contribution in [0, 0.1) is 12.8 Å². The van der Waals surface area contributed by atoms with Crippen LogP contribution in [-0.4, -0.2) is 11.1 Å². The highest BCUT2D eigenvalue weighted by molar-refractivity contribution is 9.10. The van der Waals surface area contributed by atoms with E-state index in [0.29, 0.717) is 0 Å². The summed E-state index contributed by atoms with van der Waals surface area (Å²) in [6.45, 7) is 4.07. The van der Waals surface area contributed by atoms with Crippen molar-refractivity contribution in [1.29, 1.82) is 0 Å². The summed E-state index contributed by atoms with van der Waals surface area (Å²) < 4.78 is 1.16. The number of hydrogen-bond acceptors (Lipinski definition) is 2. The van der Waals surface area contributed by atoms with Crippen molar-refractivity contribution in [3.8, 4) is 0 Å². The molecule has 1 aromatic heterocycles. The summed E-state index contributed by atoms with van der Waals surface area (Å²) in [5, 5.41) is 8.63. The number of carbonyl (C=O) groups is 1. The van der Waals surface area contributed by atoms with Crippen LogP contribution in [0.3, 0.4) is 0 Å². The van der Waals surface area contributed by atoms with E-state index in [9.17, 15) is 4.79 Å². The van der Waals surface area contributed by atoms with Crippen LogP contribution in [0.2, 0.25) is 0 Å². The molecule has 84 valence electrons. The molecule has 0 aliphatic rings. The fraction of sp³-hybridized carbons (Fsp3) is 0.545. The summed E-state index contributed by atoms with van der Waals surface area (Å²) in [6.07, 6.45) is 2.17. The Morgan fingerprint density at radius 3 is 2.80 bits per heavy atom. The van der Waals surface area contributed by atoms with Gasteiger partial charge in [-0.05, 0) is 47.7 Å². The maximum Gasteiger partial charge on any atom is 0.303 e. The van der Waals surface area contributed by atoms with E-state index in [1.807, 2.05) is 6.92 Å². The van der Waals surface area contributed by atoms with Crippen molar-refractivity contribution in [2.45, 2.75) is 33.1 Å². The topological polar surface area (TPSA) is 37.3 Å². The first-order valence-corrected chi connectivity index (χ1v) is 6.56. The molecule has 0 amide bonds. The monoisotopic (exact) mass is 290 g/mol. The molecule has 1 atom stereocenters. The SMILES string of the molecule is Cc1cc(Br)c(CCC(C)CC(=O)O)s1. The molecule has 1 rings (SSSR count). The lowest BCUT2D eigenvalue weighted by atomic mass is 10.0. The van der Waals surface area contributed by atoms with Gasteiger partial charge in [-0.15, -0.1) is 11.3 Å². The summed E-state index contributed by atoms with van der Waals surface area (Å²) in [7, 11) is 0. The highest BCUT2D eigenvalue weighted by atomic mass is 79.9. The molecule has 0 aliphatic heterocycles. The highest BCUT2D eigenvalue weighted by Crippen LogP contribution is 2.29. The van der Waals surface area contributed by atoms with Crippen molar-refractivity contribution in [2.75, 3.05) is 0 Å². The van der Waals surface area contributed by atoms with E-state index in [1.54, 1.807) is 11.3 Å². The van der Waals surface area contributed by atoms with Gasteiger partial charge in [0.05, 0.1) is 0 Å². The van der Waals surface area contributed by atoms with Gasteiger partial charge in [-0.1, -0.05) is 6.92 Å². The molecular formula is C11H15BrO2S. The first-order chi connectivity index (χ1) is 6.99. The van der Waals surface area contributed by atoms with Crippen LogP contribution in [0.4, 0.5) is 0 Å². The van der Waals surface area contributed by atoms with E-state index in [2.05, 4.69) is 28.9 Å². The number of carboxylic acids is 1. The Kier molecular flexibility index (Phi) is 4.80. The summed E-state index contributed by atoms with van der Waals surface area (Å²) in [5.41, 5.74) is 0. The van der Waals surface area contributed by atoms with Gasteiger partial charge in [-0.25, -0.2) is 0 Å². The van der Waals surface area contributed by atoms with E-state index < -0.39 is 5.97 Å². The Labute approximate surface area is 102 Å². The third-order valence-electron chi connectivity index (χ3n) is 2.27. The van der Waals surface area contributed by atoms with Gasteiger partial charge in [-0.3, -0.25) is 4.79 Å². The molecule has 15 heavy (non-hydrogen) atoms. The minimum Gasteiger partial charge on any atom is -0.481 e. The molecule has 0 aliphatic carbocycles. The molecule has 0 radical (unpaired) electrons. The van der Waals surface area contributed by atoms with Crippen molar-refractivity contribution in [3.05, 3.63) is 20.3 Å². The van der Waals surface area contributed by atoms with Gasteiger partial charge >= 0.3 is 5.97 Å². The molecular weight excluding hydrogens is 276 g/mol. The normalized spacial score (nSPS) is 12.7. The van der Waals surface area contributed by atoms with E-state index in [0.717, 1.165) is 17.3 Å². The van der Waals surface area contributed by atoms with E-state index in [-0.39, 0.29) is 12.3 Å². The minimum atomic E-state index is -0.705. The number of aliphatic carboxylic acids is 1. The summed E-state index contributed by atoms with van der Waals surface area (Å²) >= 11 is 5.29. The van der Waals surface area contributed by atoms with Crippen molar-refractivity contribution in [3.63, 3.8) is 0 Å². The van der Waals surface area contributed by atoms with Crippen LogP contribution in [0.5, 0.6) is 0 Å². The Bertz CT molecular complexity index is 346. The zero-order chi connectivity index (χ0) is 11.4. The average molecular weight is 291 g/mol. The van der Waals surface area contributed by atoms with Gasteiger partial charge in [0.15, 0.2) is 0 Å². The van der Waals surface area contributed by atoms with Gasteiger partial charge in [0.1, 0.15) is 0 Å². The maximum absolute atomic E-state index is 10.5. The summed E-state index contributed by atoms with van der Waals surface area (Å²) in [4.78, 5) is 13.1. The molecule has 0 spiro atoms. The second kappa shape index (κ2) is 5.66. The standard InChI is InChI=1S/C11H15BrO2S/c1-7(5-11(13)14)3-4-10-9(12)6-8(2)15-10/h6-7H,3-5H2,1-2H3,(H,13,14).